The molecule has 18 heavy (non-hydrogen) atoms. The molecule has 0 spiro atoms. The van der Waals surface area contributed by atoms with Gasteiger partial charge in [-0.1, -0.05) is 6.07 Å². The Morgan fingerprint density at radius 3 is 3.11 bits per heavy atom. The molecule has 2 unspecified atom stereocenters. The number of hydrogen-bond acceptors (Lipinski definition) is 5. The lowest BCUT2D eigenvalue weighted by atomic mass is 10.3. The topological polar surface area (TPSA) is 61.3 Å². The fourth-order valence-corrected chi connectivity index (χ4v) is 3.28. The molecule has 3 rings (SSSR count). The number of fused-ring (bicyclic) bond motifs is 1. The fraction of sp³-hybridized carbons (Fsp3) is 0.462. The van der Waals surface area contributed by atoms with Crippen LogP contribution >= 0.6 is 11.8 Å². The molecule has 1 saturated heterocycles. The van der Waals surface area contributed by atoms with Crippen LogP contribution in [0.4, 0.5) is 5.69 Å². The molecule has 0 aliphatic carbocycles. The molecule has 4 nitrogen and oxygen atoms in total. The highest BCUT2D eigenvalue weighted by molar-refractivity contribution is 7.99. The van der Waals surface area contributed by atoms with Crippen LogP contribution in [0.3, 0.4) is 0 Å². The third kappa shape index (κ3) is 2.20. The molecule has 96 valence electrons. The van der Waals surface area contributed by atoms with Crippen LogP contribution in [0.15, 0.2) is 22.6 Å². The molecule has 2 N–H and O–H groups in total. The summed E-state index contributed by atoms with van der Waals surface area (Å²) in [5.74, 6) is 1.51. The van der Waals surface area contributed by atoms with Gasteiger partial charge in [-0.25, -0.2) is 4.98 Å². The maximum absolute atomic E-state index is 5.86. The molecule has 1 aromatic heterocycles. The van der Waals surface area contributed by atoms with Crippen molar-refractivity contribution in [1.29, 1.82) is 0 Å². The van der Waals surface area contributed by atoms with Crippen LogP contribution < -0.4 is 5.73 Å². The maximum Gasteiger partial charge on any atom is 0.205 e. The van der Waals surface area contributed by atoms with E-state index in [0.717, 1.165) is 35.8 Å². The monoisotopic (exact) mass is 264 g/mol. The van der Waals surface area contributed by atoms with Crippen LogP contribution in [0.1, 0.15) is 19.2 Å². The van der Waals surface area contributed by atoms with Crippen molar-refractivity contribution in [2.75, 3.05) is 12.3 Å². The van der Waals surface area contributed by atoms with Gasteiger partial charge in [-0.2, -0.15) is 0 Å². The first-order valence-electron chi connectivity index (χ1n) is 6.11. The van der Waals surface area contributed by atoms with Gasteiger partial charge in [0.15, 0.2) is 5.58 Å². The normalized spacial score (nSPS) is 23.8. The summed E-state index contributed by atoms with van der Waals surface area (Å²) in [6, 6.07) is 5.62. The zero-order valence-electron chi connectivity index (χ0n) is 10.3. The quantitative estimate of drug-likeness (QED) is 0.864. The number of nitrogens with zero attached hydrogens (tertiary/aromatic N) is 1. The minimum absolute atomic E-state index is 0.324. The highest BCUT2D eigenvalue weighted by Gasteiger charge is 2.25. The summed E-state index contributed by atoms with van der Waals surface area (Å²) in [7, 11) is 0. The van der Waals surface area contributed by atoms with Gasteiger partial charge in [0.2, 0.25) is 5.89 Å². The molecule has 1 aliphatic heterocycles. The standard InChI is InChI=1S/C13H16N2O2S/c1-8-11(5-6-16-8)18-7-12-15-13-9(14)3-2-4-10(13)17-12/h2-4,8,11H,5-7,14H2,1H3. The Balaban J connectivity index is 1.73. The van der Waals surface area contributed by atoms with Crippen LogP contribution in [-0.4, -0.2) is 22.9 Å². The maximum atomic E-state index is 5.86. The molecule has 0 saturated carbocycles. The van der Waals surface area contributed by atoms with Gasteiger partial charge in [0.25, 0.3) is 0 Å². The number of anilines is 1. The predicted molar refractivity (Wildman–Crippen MR) is 73.5 cm³/mol. The van der Waals surface area contributed by atoms with Crippen LogP contribution in [0.25, 0.3) is 11.1 Å². The number of thioether (sulfide) groups is 1. The van der Waals surface area contributed by atoms with Crippen LogP contribution in [0, 0.1) is 0 Å². The molecule has 0 bridgehead atoms. The molecular formula is C13H16N2O2S. The number of oxazole rings is 1. The first-order chi connectivity index (χ1) is 8.74. The second-order valence-electron chi connectivity index (χ2n) is 4.52. The molecule has 2 atom stereocenters. The Kier molecular flexibility index (Phi) is 3.18. The Morgan fingerprint density at radius 2 is 2.39 bits per heavy atom. The summed E-state index contributed by atoms with van der Waals surface area (Å²) < 4.78 is 11.2. The average molecular weight is 264 g/mol. The second-order valence-corrected chi connectivity index (χ2v) is 5.74. The summed E-state index contributed by atoms with van der Waals surface area (Å²) >= 11 is 1.84. The zero-order valence-corrected chi connectivity index (χ0v) is 11.1. The Labute approximate surface area is 110 Å². The first-order valence-corrected chi connectivity index (χ1v) is 7.16. The predicted octanol–water partition coefficient (Wildman–Crippen LogP) is 2.82. The smallest absolute Gasteiger partial charge is 0.205 e. The van der Waals surface area contributed by atoms with E-state index in [9.17, 15) is 0 Å². The van der Waals surface area contributed by atoms with Gasteiger partial charge in [0.1, 0.15) is 5.52 Å². The number of ether oxygens (including phenoxy) is 1. The zero-order chi connectivity index (χ0) is 12.5. The number of nitrogens with two attached hydrogens (primary N) is 1. The van der Waals surface area contributed by atoms with Crippen LogP contribution in [0.2, 0.25) is 0 Å². The molecule has 2 aromatic rings. The number of rotatable bonds is 3. The van der Waals surface area contributed by atoms with E-state index in [-0.39, 0.29) is 0 Å². The van der Waals surface area contributed by atoms with E-state index in [0.29, 0.717) is 17.0 Å². The summed E-state index contributed by atoms with van der Waals surface area (Å²) in [6.07, 6.45) is 1.43. The lowest BCUT2D eigenvalue weighted by Crippen LogP contribution is -2.13. The Bertz CT molecular complexity index is 555. The summed E-state index contributed by atoms with van der Waals surface area (Å²) in [6.45, 7) is 2.98. The number of nitrogen functional groups attached to an aromatic ring is 1. The SMILES string of the molecule is CC1OCCC1SCc1nc2c(N)cccc2o1. The molecule has 5 heteroatoms. The van der Waals surface area contributed by atoms with Crippen molar-refractivity contribution in [2.24, 2.45) is 0 Å². The number of hydrogen-bond donors (Lipinski definition) is 1. The molecule has 1 aromatic carbocycles. The Morgan fingerprint density at radius 1 is 1.50 bits per heavy atom. The molecule has 0 radical (unpaired) electrons. The highest BCUT2D eigenvalue weighted by atomic mass is 32.2. The van der Waals surface area contributed by atoms with E-state index in [2.05, 4.69) is 11.9 Å². The summed E-state index contributed by atoms with van der Waals surface area (Å²) in [5, 5.41) is 0.539. The molecule has 2 heterocycles. The third-order valence-corrected chi connectivity index (χ3v) is 4.68. The summed E-state index contributed by atoms with van der Waals surface area (Å²) in [4.78, 5) is 4.44. The van der Waals surface area contributed by atoms with Gasteiger partial charge in [-0.05, 0) is 25.5 Å². The van der Waals surface area contributed by atoms with E-state index in [1.165, 1.54) is 0 Å². The van der Waals surface area contributed by atoms with Crippen LogP contribution in [0.5, 0.6) is 0 Å². The van der Waals surface area contributed by atoms with E-state index in [4.69, 9.17) is 14.9 Å². The molecule has 1 fully saturated rings. The number of benzene rings is 1. The van der Waals surface area contributed by atoms with Crippen LogP contribution in [-0.2, 0) is 10.5 Å². The van der Waals surface area contributed by atoms with Crippen molar-refractivity contribution in [3.8, 4) is 0 Å². The van der Waals surface area contributed by atoms with E-state index < -0.39 is 0 Å². The lowest BCUT2D eigenvalue weighted by Gasteiger charge is -2.11. The molecule has 0 amide bonds. The fourth-order valence-electron chi connectivity index (χ4n) is 2.19. The number of para-hydroxylation sites is 1. The van der Waals surface area contributed by atoms with Crippen molar-refractivity contribution in [1.82, 2.24) is 4.98 Å². The van der Waals surface area contributed by atoms with Gasteiger partial charge < -0.3 is 14.9 Å². The average Bonchev–Trinajstić information content (AvgIpc) is 2.93. The summed E-state index contributed by atoms with van der Waals surface area (Å²) in [5.41, 5.74) is 8.06. The minimum atomic E-state index is 0.324. The number of aromatic nitrogens is 1. The molecular weight excluding hydrogens is 248 g/mol. The highest BCUT2D eigenvalue weighted by Crippen LogP contribution is 2.30. The van der Waals surface area contributed by atoms with E-state index in [1.807, 2.05) is 30.0 Å². The largest absolute Gasteiger partial charge is 0.440 e. The van der Waals surface area contributed by atoms with Crippen molar-refractivity contribution in [3.63, 3.8) is 0 Å². The Hall–Kier alpha value is -1.20. The van der Waals surface area contributed by atoms with Crippen molar-refractivity contribution >= 4 is 28.5 Å². The van der Waals surface area contributed by atoms with Gasteiger partial charge in [0, 0.05) is 11.9 Å². The van der Waals surface area contributed by atoms with Crippen molar-refractivity contribution in [2.45, 2.75) is 30.5 Å². The van der Waals surface area contributed by atoms with Gasteiger partial charge in [0.05, 0.1) is 17.5 Å². The second kappa shape index (κ2) is 4.82. The first kappa shape index (κ1) is 11.9. The molecule has 1 aliphatic rings. The van der Waals surface area contributed by atoms with E-state index >= 15 is 0 Å². The van der Waals surface area contributed by atoms with Gasteiger partial charge in [-0.15, -0.1) is 11.8 Å². The lowest BCUT2D eigenvalue weighted by molar-refractivity contribution is 0.127. The van der Waals surface area contributed by atoms with E-state index in [1.54, 1.807) is 0 Å². The third-order valence-electron chi connectivity index (χ3n) is 3.22. The minimum Gasteiger partial charge on any atom is -0.440 e. The van der Waals surface area contributed by atoms with Crippen molar-refractivity contribution in [3.05, 3.63) is 24.1 Å². The van der Waals surface area contributed by atoms with Gasteiger partial charge >= 0.3 is 0 Å². The van der Waals surface area contributed by atoms with Crippen molar-refractivity contribution < 1.29 is 9.15 Å². The van der Waals surface area contributed by atoms with Gasteiger partial charge in [-0.3, -0.25) is 0 Å².